The van der Waals surface area contributed by atoms with Gasteiger partial charge >= 0.3 is 0 Å². The van der Waals surface area contributed by atoms with Crippen LogP contribution in [0.5, 0.6) is 5.75 Å². The first-order valence-corrected chi connectivity index (χ1v) is 10.8. The van der Waals surface area contributed by atoms with E-state index in [1.807, 2.05) is 30.3 Å². The number of benzene rings is 2. The summed E-state index contributed by atoms with van der Waals surface area (Å²) in [6.45, 7) is 0.985. The molecule has 0 aromatic heterocycles. The Labute approximate surface area is 171 Å². The summed E-state index contributed by atoms with van der Waals surface area (Å²) in [6.07, 6.45) is 0.943. The molecule has 0 aliphatic carbocycles. The molecule has 0 bridgehead atoms. The lowest BCUT2D eigenvalue weighted by Crippen LogP contribution is -2.42. The lowest BCUT2D eigenvalue weighted by molar-refractivity contribution is -0.126. The van der Waals surface area contributed by atoms with Gasteiger partial charge < -0.3 is 10.1 Å². The number of amides is 1. The molecule has 1 N–H and O–H groups in total. The van der Waals surface area contributed by atoms with Crippen LogP contribution < -0.4 is 10.1 Å². The van der Waals surface area contributed by atoms with Gasteiger partial charge in [-0.05, 0) is 54.8 Å². The minimum absolute atomic E-state index is 0.0664. The van der Waals surface area contributed by atoms with Crippen molar-refractivity contribution in [1.29, 1.82) is 5.26 Å². The lowest BCUT2D eigenvalue weighted by Gasteiger charge is -2.30. The average molecular weight is 413 g/mol. The number of hydrogen-bond acceptors (Lipinski definition) is 5. The van der Waals surface area contributed by atoms with Crippen LogP contribution in [0.1, 0.15) is 24.0 Å². The van der Waals surface area contributed by atoms with Crippen LogP contribution in [0.25, 0.3) is 0 Å². The summed E-state index contributed by atoms with van der Waals surface area (Å²) >= 11 is 0. The van der Waals surface area contributed by atoms with Gasteiger partial charge in [-0.25, -0.2) is 8.42 Å². The summed E-state index contributed by atoms with van der Waals surface area (Å²) in [6, 6.07) is 15.3. The van der Waals surface area contributed by atoms with Gasteiger partial charge in [0.15, 0.2) is 0 Å². The number of sulfonamides is 1. The quantitative estimate of drug-likeness (QED) is 0.783. The number of nitrogens with one attached hydrogen (secondary N) is 1. The standard InChI is InChI=1S/C21H23N3O4S/c1-28-19-4-2-3-17(13-19)15-23-21(25)18-9-11-24(12-10-18)29(26,27)20-7-5-16(14-22)6-8-20/h2-8,13,18H,9-12,15H2,1H3,(H,23,25). The molecule has 29 heavy (non-hydrogen) atoms. The minimum atomic E-state index is -3.62. The van der Waals surface area contributed by atoms with Crippen molar-refractivity contribution in [2.45, 2.75) is 24.3 Å². The third-order valence-corrected chi connectivity index (χ3v) is 6.96. The molecule has 7 nitrogen and oxygen atoms in total. The van der Waals surface area contributed by atoms with E-state index >= 15 is 0 Å². The molecule has 1 heterocycles. The van der Waals surface area contributed by atoms with Gasteiger partial charge in [0.25, 0.3) is 0 Å². The second-order valence-corrected chi connectivity index (χ2v) is 8.82. The van der Waals surface area contributed by atoms with Gasteiger partial charge in [0, 0.05) is 25.6 Å². The minimum Gasteiger partial charge on any atom is -0.497 e. The number of hydrogen-bond donors (Lipinski definition) is 1. The van der Waals surface area contributed by atoms with E-state index in [1.165, 1.54) is 28.6 Å². The Morgan fingerprint density at radius 2 is 1.90 bits per heavy atom. The summed E-state index contributed by atoms with van der Waals surface area (Å²) in [4.78, 5) is 12.6. The summed E-state index contributed by atoms with van der Waals surface area (Å²) < 4.78 is 32.1. The fourth-order valence-electron chi connectivity index (χ4n) is 3.32. The van der Waals surface area contributed by atoms with Crippen molar-refractivity contribution < 1.29 is 17.9 Å². The van der Waals surface area contributed by atoms with Gasteiger partial charge in [-0.15, -0.1) is 0 Å². The third kappa shape index (κ3) is 4.94. The van der Waals surface area contributed by atoms with Crippen molar-refractivity contribution in [3.63, 3.8) is 0 Å². The van der Waals surface area contributed by atoms with Crippen molar-refractivity contribution in [3.05, 3.63) is 59.7 Å². The van der Waals surface area contributed by atoms with E-state index in [9.17, 15) is 13.2 Å². The Hall–Kier alpha value is -2.89. The number of carbonyl (C=O) groups excluding carboxylic acids is 1. The molecule has 0 unspecified atom stereocenters. The highest BCUT2D eigenvalue weighted by Gasteiger charge is 2.32. The fourth-order valence-corrected chi connectivity index (χ4v) is 4.79. The Balaban J connectivity index is 1.55. The van der Waals surface area contributed by atoms with Crippen molar-refractivity contribution in [3.8, 4) is 11.8 Å². The molecule has 1 fully saturated rings. The van der Waals surface area contributed by atoms with Crippen LogP contribution in [-0.2, 0) is 21.4 Å². The molecule has 1 aliphatic heterocycles. The van der Waals surface area contributed by atoms with Crippen molar-refractivity contribution in [1.82, 2.24) is 9.62 Å². The van der Waals surface area contributed by atoms with Gasteiger partial charge in [-0.2, -0.15) is 9.57 Å². The molecule has 152 valence electrons. The summed E-state index contributed by atoms with van der Waals surface area (Å²) in [7, 11) is -2.03. The Morgan fingerprint density at radius 1 is 1.21 bits per heavy atom. The molecule has 1 saturated heterocycles. The largest absolute Gasteiger partial charge is 0.497 e. The van der Waals surface area contributed by atoms with Gasteiger partial charge in [0.05, 0.1) is 23.6 Å². The van der Waals surface area contributed by atoms with Crippen molar-refractivity contribution >= 4 is 15.9 Å². The van der Waals surface area contributed by atoms with E-state index in [0.717, 1.165) is 11.3 Å². The molecular weight excluding hydrogens is 390 g/mol. The second kappa shape index (κ2) is 9.07. The van der Waals surface area contributed by atoms with E-state index in [2.05, 4.69) is 5.32 Å². The van der Waals surface area contributed by atoms with E-state index in [0.29, 0.717) is 38.0 Å². The first kappa shape index (κ1) is 20.8. The molecule has 2 aromatic carbocycles. The molecule has 8 heteroatoms. The third-order valence-electron chi connectivity index (χ3n) is 5.05. The number of nitrogens with zero attached hydrogens (tertiary/aromatic N) is 2. The molecule has 0 atom stereocenters. The zero-order valence-electron chi connectivity index (χ0n) is 16.2. The SMILES string of the molecule is COc1cccc(CNC(=O)C2CCN(S(=O)(=O)c3ccc(C#N)cc3)CC2)c1. The second-order valence-electron chi connectivity index (χ2n) is 6.88. The van der Waals surface area contributed by atoms with Crippen LogP contribution >= 0.6 is 0 Å². The maximum atomic E-state index is 12.8. The Kier molecular flexibility index (Phi) is 6.52. The Bertz CT molecular complexity index is 1000. The van der Waals surface area contributed by atoms with E-state index in [1.54, 1.807) is 7.11 Å². The van der Waals surface area contributed by atoms with Gasteiger partial charge in [0.2, 0.25) is 15.9 Å². The molecule has 1 aliphatic rings. The van der Waals surface area contributed by atoms with Crippen LogP contribution in [0.3, 0.4) is 0 Å². The zero-order chi connectivity index (χ0) is 20.9. The van der Waals surface area contributed by atoms with Crippen LogP contribution in [0.4, 0.5) is 0 Å². The van der Waals surface area contributed by atoms with Crippen molar-refractivity contribution in [2.24, 2.45) is 5.92 Å². The number of nitriles is 1. The highest BCUT2D eigenvalue weighted by molar-refractivity contribution is 7.89. The van der Waals surface area contributed by atoms with Crippen LogP contribution in [0.15, 0.2) is 53.4 Å². The molecule has 2 aromatic rings. The topological polar surface area (TPSA) is 99.5 Å². The van der Waals surface area contributed by atoms with Gasteiger partial charge in [-0.1, -0.05) is 12.1 Å². The molecule has 3 rings (SSSR count). The molecule has 0 radical (unpaired) electrons. The zero-order valence-corrected chi connectivity index (χ0v) is 17.0. The summed E-state index contributed by atoms with van der Waals surface area (Å²) in [5.41, 5.74) is 1.36. The Morgan fingerprint density at radius 3 is 2.52 bits per heavy atom. The molecule has 1 amide bonds. The highest BCUT2D eigenvalue weighted by Crippen LogP contribution is 2.24. The van der Waals surface area contributed by atoms with Crippen LogP contribution in [0.2, 0.25) is 0 Å². The van der Waals surface area contributed by atoms with E-state index < -0.39 is 10.0 Å². The first-order valence-electron chi connectivity index (χ1n) is 9.35. The molecule has 0 saturated carbocycles. The van der Waals surface area contributed by atoms with E-state index in [-0.39, 0.29) is 16.7 Å². The number of rotatable bonds is 6. The van der Waals surface area contributed by atoms with Crippen LogP contribution in [0, 0.1) is 17.2 Å². The average Bonchev–Trinajstić information content (AvgIpc) is 2.77. The smallest absolute Gasteiger partial charge is 0.243 e. The molecule has 0 spiro atoms. The lowest BCUT2D eigenvalue weighted by atomic mass is 9.97. The fraction of sp³-hybridized carbons (Fsp3) is 0.333. The number of carbonyl (C=O) groups is 1. The van der Waals surface area contributed by atoms with Crippen molar-refractivity contribution in [2.75, 3.05) is 20.2 Å². The number of methoxy groups -OCH3 is 1. The summed E-state index contributed by atoms with van der Waals surface area (Å²) in [5.74, 6) is 0.453. The van der Waals surface area contributed by atoms with Crippen LogP contribution in [-0.4, -0.2) is 38.8 Å². The van der Waals surface area contributed by atoms with Gasteiger partial charge in [-0.3, -0.25) is 4.79 Å². The normalized spacial score (nSPS) is 15.4. The maximum Gasteiger partial charge on any atom is 0.243 e. The summed E-state index contributed by atoms with van der Waals surface area (Å²) in [5, 5.41) is 11.8. The highest BCUT2D eigenvalue weighted by atomic mass is 32.2. The predicted octanol–water partition coefficient (Wildman–Crippen LogP) is 2.28. The number of ether oxygens (including phenoxy) is 1. The monoisotopic (exact) mass is 413 g/mol. The maximum absolute atomic E-state index is 12.8. The van der Waals surface area contributed by atoms with Gasteiger partial charge in [0.1, 0.15) is 5.75 Å². The number of piperidine rings is 1. The predicted molar refractivity (Wildman–Crippen MR) is 107 cm³/mol. The first-order chi connectivity index (χ1) is 13.9. The van der Waals surface area contributed by atoms with E-state index in [4.69, 9.17) is 10.00 Å². The molecular formula is C21H23N3O4S.